The van der Waals surface area contributed by atoms with Gasteiger partial charge in [0, 0.05) is 12.6 Å². The van der Waals surface area contributed by atoms with Crippen LogP contribution in [0.5, 0.6) is 0 Å². The molecule has 0 aromatic carbocycles. The molecule has 2 heterocycles. The van der Waals surface area contributed by atoms with Crippen molar-refractivity contribution in [1.29, 1.82) is 0 Å². The first-order valence-corrected chi connectivity index (χ1v) is 7.76. The van der Waals surface area contributed by atoms with Crippen LogP contribution in [-0.2, 0) is 11.3 Å². The van der Waals surface area contributed by atoms with E-state index < -0.39 is 5.97 Å². The number of aliphatic carboxylic acids is 1. The molecule has 0 amide bonds. The van der Waals surface area contributed by atoms with Gasteiger partial charge in [0.2, 0.25) is 0 Å². The predicted molar refractivity (Wildman–Crippen MR) is 80.4 cm³/mol. The molecule has 0 aliphatic rings. The summed E-state index contributed by atoms with van der Waals surface area (Å²) < 4.78 is 3.83. The van der Waals surface area contributed by atoms with Gasteiger partial charge in [0.05, 0.1) is 11.4 Å². The summed E-state index contributed by atoms with van der Waals surface area (Å²) in [7, 11) is 0. The first-order valence-electron chi connectivity index (χ1n) is 6.78. The maximum absolute atomic E-state index is 10.7. The maximum atomic E-state index is 10.7. The summed E-state index contributed by atoms with van der Waals surface area (Å²) in [4.78, 5) is 10.7. The molecule has 0 saturated heterocycles. The molecular weight excluding hydrogens is 290 g/mol. The average Bonchev–Trinajstić information content (AvgIpc) is 2.98. The van der Waals surface area contributed by atoms with Crippen molar-refractivity contribution in [1.82, 2.24) is 24.5 Å². The van der Waals surface area contributed by atoms with Crippen LogP contribution in [0.1, 0.15) is 32.5 Å². The number of aromatic nitrogens is 5. The van der Waals surface area contributed by atoms with Crippen LogP contribution in [0.2, 0.25) is 0 Å². The zero-order chi connectivity index (χ0) is 15.6. The van der Waals surface area contributed by atoms with Gasteiger partial charge in [-0.1, -0.05) is 11.8 Å². The van der Waals surface area contributed by atoms with Gasteiger partial charge < -0.3 is 5.11 Å². The van der Waals surface area contributed by atoms with Crippen LogP contribution in [0.15, 0.2) is 11.2 Å². The number of carboxylic acids is 1. The largest absolute Gasteiger partial charge is 0.481 e. The molecule has 0 bridgehead atoms. The summed E-state index contributed by atoms with van der Waals surface area (Å²) in [6.07, 6.45) is 0. The fraction of sp³-hybridized carbons (Fsp3) is 0.538. The highest BCUT2D eigenvalue weighted by atomic mass is 32.2. The Bertz CT molecular complexity index is 647. The molecule has 0 aliphatic carbocycles. The molecule has 2 rings (SSSR count). The van der Waals surface area contributed by atoms with Gasteiger partial charge in [-0.05, 0) is 33.8 Å². The van der Waals surface area contributed by atoms with E-state index in [1.165, 1.54) is 11.8 Å². The second-order valence-corrected chi connectivity index (χ2v) is 5.88. The molecule has 0 atom stereocenters. The number of hydrogen-bond donors (Lipinski definition) is 1. The summed E-state index contributed by atoms with van der Waals surface area (Å²) in [5.74, 6) is -0.175. The Kier molecular flexibility index (Phi) is 4.66. The quantitative estimate of drug-likeness (QED) is 0.824. The smallest absolute Gasteiger partial charge is 0.313 e. The standard InChI is InChI=1S/C13H19N5O2S/c1-5-17-10(6-9(4)16-17)12-14-15-13(18(12)8(2)3)21-7-11(19)20/h6,8H,5,7H2,1-4H3,(H,19,20). The van der Waals surface area contributed by atoms with Crippen molar-refractivity contribution >= 4 is 17.7 Å². The predicted octanol–water partition coefficient (Wildman–Crippen LogP) is 2.23. The van der Waals surface area contributed by atoms with Crippen molar-refractivity contribution in [3.8, 4) is 11.5 Å². The molecule has 1 N–H and O–H groups in total. The molecule has 21 heavy (non-hydrogen) atoms. The summed E-state index contributed by atoms with van der Waals surface area (Å²) in [6, 6.07) is 2.10. The van der Waals surface area contributed by atoms with Crippen LogP contribution in [0, 0.1) is 6.92 Å². The Morgan fingerprint density at radius 2 is 2.14 bits per heavy atom. The molecule has 114 valence electrons. The molecule has 2 aromatic heterocycles. The highest BCUT2D eigenvalue weighted by Gasteiger charge is 2.20. The first-order chi connectivity index (χ1) is 9.93. The molecule has 0 fully saturated rings. The van der Waals surface area contributed by atoms with E-state index in [0.29, 0.717) is 5.16 Å². The fourth-order valence-electron chi connectivity index (χ4n) is 2.11. The lowest BCUT2D eigenvalue weighted by molar-refractivity contribution is -0.133. The van der Waals surface area contributed by atoms with Crippen molar-refractivity contribution in [2.75, 3.05) is 5.75 Å². The van der Waals surface area contributed by atoms with Gasteiger partial charge in [0.25, 0.3) is 0 Å². The average molecular weight is 309 g/mol. The second-order valence-electron chi connectivity index (χ2n) is 4.94. The summed E-state index contributed by atoms with van der Waals surface area (Å²) in [6.45, 7) is 8.75. The molecule has 0 saturated carbocycles. The minimum absolute atomic E-state index is 0.0308. The Hall–Kier alpha value is -1.83. The van der Waals surface area contributed by atoms with Crippen molar-refractivity contribution in [3.63, 3.8) is 0 Å². The summed E-state index contributed by atoms with van der Waals surface area (Å²) >= 11 is 1.18. The third-order valence-corrected chi connectivity index (χ3v) is 3.86. The molecule has 2 aromatic rings. The molecule has 0 unspecified atom stereocenters. The van der Waals surface area contributed by atoms with Gasteiger partial charge in [0.1, 0.15) is 5.69 Å². The zero-order valence-electron chi connectivity index (χ0n) is 12.6. The lowest BCUT2D eigenvalue weighted by Crippen LogP contribution is -2.09. The Balaban J connectivity index is 2.46. The van der Waals surface area contributed by atoms with Crippen LogP contribution in [0.4, 0.5) is 0 Å². The SMILES string of the molecule is CCn1nc(C)cc1-c1nnc(SCC(=O)O)n1C(C)C. The highest BCUT2D eigenvalue weighted by molar-refractivity contribution is 7.99. The van der Waals surface area contributed by atoms with Crippen LogP contribution >= 0.6 is 11.8 Å². The van der Waals surface area contributed by atoms with Crippen molar-refractivity contribution in [2.24, 2.45) is 0 Å². The van der Waals surface area contributed by atoms with Gasteiger partial charge in [-0.25, -0.2) is 0 Å². The minimum Gasteiger partial charge on any atom is -0.481 e. The number of nitrogens with zero attached hydrogens (tertiary/aromatic N) is 5. The third kappa shape index (κ3) is 3.26. The van der Waals surface area contributed by atoms with Gasteiger partial charge in [-0.2, -0.15) is 5.10 Å². The Morgan fingerprint density at radius 1 is 1.43 bits per heavy atom. The minimum atomic E-state index is -0.866. The van der Waals surface area contributed by atoms with Crippen LogP contribution in [0.25, 0.3) is 11.5 Å². The van der Waals surface area contributed by atoms with E-state index in [-0.39, 0.29) is 11.8 Å². The van der Waals surface area contributed by atoms with Gasteiger partial charge >= 0.3 is 5.97 Å². The highest BCUT2D eigenvalue weighted by Crippen LogP contribution is 2.28. The van der Waals surface area contributed by atoms with E-state index in [1.54, 1.807) is 0 Å². The van der Waals surface area contributed by atoms with Crippen LogP contribution in [0.3, 0.4) is 0 Å². The maximum Gasteiger partial charge on any atom is 0.313 e. The molecule has 7 nitrogen and oxygen atoms in total. The van der Waals surface area contributed by atoms with E-state index in [9.17, 15) is 4.79 Å². The summed E-state index contributed by atoms with van der Waals surface area (Å²) in [5.41, 5.74) is 1.82. The number of carboxylic acid groups (broad SMARTS) is 1. The van der Waals surface area contributed by atoms with Crippen LogP contribution in [-0.4, -0.2) is 41.4 Å². The molecule has 0 spiro atoms. The number of hydrogen-bond acceptors (Lipinski definition) is 5. The van der Waals surface area contributed by atoms with E-state index in [2.05, 4.69) is 15.3 Å². The van der Waals surface area contributed by atoms with Crippen molar-refractivity contribution in [2.45, 2.75) is 45.4 Å². The lowest BCUT2D eigenvalue weighted by atomic mass is 10.3. The van der Waals surface area contributed by atoms with E-state index in [1.807, 2.05) is 43.0 Å². The Morgan fingerprint density at radius 3 is 2.71 bits per heavy atom. The number of aryl methyl sites for hydroxylation is 2. The molecule has 8 heteroatoms. The van der Waals surface area contributed by atoms with Crippen LogP contribution < -0.4 is 0 Å². The number of thioether (sulfide) groups is 1. The number of rotatable bonds is 6. The third-order valence-electron chi connectivity index (χ3n) is 2.94. The van der Waals surface area contributed by atoms with Crippen molar-refractivity contribution < 1.29 is 9.90 Å². The number of carbonyl (C=O) groups is 1. The summed E-state index contributed by atoms with van der Waals surface area (Å²) in [5, 5.41) is 22.2. The van der Waals surface area contributed by atoms with Crippen molar-refractivity contribution in [3.05, 3.63) is 11.8 Å². The first kappa shape index (κ1) is 15.6. The van der Waals surface area contributed by atoms with Gasteiger partial charge in [-0.3, -0.25) is 14.0 Å². The van der Waals surface area contributed by atoms with E-state index in [4.69, 9.17) is 5.11 Å². The second kappa shape index (κ2) is 6.30. The Labute approximate surface area is 127 Å². The molecule has 0 aliphatic heterocycles. The fourth-order valence-corrected chi connectivity index (χ4v) is 2.90. The van der Waals surface area contributed by atoms with Gasteiger partial charge in [-0.15, -0.1) is 10.2 Å². The van der Waals surface area contributed by atoms with E-state index in [0.717, 1.165) is 23.8 Å². The lowest BCUT2D eigenvalue weighted by Gasteiger charge is -2.13. The molecule has 0 radical (unpaired) electrons. The van der Waals surface area contributed by atoms with E-state index >= 15 is 0 Å². The topological polar surface area (TPSA) is 85.8 Å². The molecular formula is C13H19N5O2S. The normalized spacial score (nSPS) is 11.3. The monoisotopic (exact) mass is 309 g/mol. The van der Waals surface area contributed by atoms with Gasteiger partial charge in [0.15, 0.2) is 11.0 Å². The zero-order valence-corrected chi connectivity index (χ0v) is 13.4.